The highest BCUT2D eigenvalue weighted by molar-refractivity contribution is 6.06. The van der Waals surface area contributed by atoms with E-state index in [9.17, 15) is 14.4 Å². The fourth-order valence-electron chi connectivity index (χ4n) is 3.11. The number of ether oxygens (including phenoxy) is 1. The molecule has 2 amide bonds. The summed E-state index contributed by atoms with van der Waals surface area (Å²) in [5, 5.41) is 2.81. The van der Waals surface area contributed by atoms with Crippen molar-refractivity contribution >= 4 is 17.8 Å². The van der Waals surface area contributed by atoms with Crippen molar-refractivity contribution in [3.8, 4) is 0 Å². The van der Waals surface area contributed by atoms with E-state index in [0.717, 1.165) is 5.56 Å². The number of methoxy groups -OCH3 is 1. The molecule has 1 saturated heterocycles. The first-order valence-electron chi connectivity index (χ1n) is 8.41. The van der Waals surface area contributed by atoms with Crippen LogP contribution >= 0.6 is 0 Å². The lowest BCUT2D eigenvalue weighted by Crippen LogP contribution is -2.58. The Kier molecular flexibility index (Phi) is 5.31. The Morgan fingerprint density at radius 2 is 1.73 bits per heavy atom. The van der Waals surface area contributed by atoms with Gasteiger partial charge in [-0.1, -0.05) is 42.5 Å². The second-order valence-corrected chi connectivity index (χ2v) is 6.03. The third-order valence-corrected chi connectivity index (χ3v) is 4.43. The Labute approximate surface area is 151 Å². The molecular weight excluding hydrogens is 332 g/mol. The zero-order valence-electron chi connectivity index (χ0n) is 14.5. The monoisotopic (exact) mass is 352 g/mol. The quantitative estimate of drug-likeness (QED) is 0.849. The van der Waals surface area contributed by atoms with E-state index in [1.807, 2.05) is 30.3 Å². The third-order valence-electron chi connectivity index (χ3n) is 4.43. The maximum absolute atomic E-state index is 13.1. The molecule has 134 valence electrons. The Balaban J connectivity index is 1.91. The predicted octanol–water partition coefficient (Wildman–Crippen LogP) is 1.66. The van der Waals surface area contributed by atoms with E-state index in [-0.39, 0.29) is 22.9 Å². The third kappa shape index (κ3) is 3.59. The minimum atomic E-state index is -0.621. The van der Waals surface area contributed by atoms with Crippen molar-refractivity contribution in [2.24, 2.45) is 0 Å². The number of esters is 1. The zero-order chi connectivity index (χ0) is 18.5. The van der Waals surface area contributed by atoms with Gasteiger partial charge in [-0.15, -0.1) is 0 Å². The number of carbonyl (C=O) groups excluding carboxylic acids is 3. The summed E-state index contributed by atoms with van der Waals surface area (Å²) in [5.74, 6) is -1.11. The number of piperazine rings is 1. The van der Waals surface area contributed by atoms with E-state index in [1.165, 1.54) is 12.0 Å². The van der Waals surface area contributed by atoms with E-state index < -0.39 is 12.0 Å². The summed E-state index contributed by atoms with van der Waals surface area (Å²) in [6.45, 7) is 0.772. The van der Waals surface area contributed by atoms with Gasteiger partial charge in [-0.2, -0.15) is 0 Å². The molecular formula is C20H20N2O4. The van der Waals surface area contributed by atoms with Gasteiger partial charge in [0.05, 0.1) is 18.2 Å². The smallest absolute Gasteiger partial charge is 0.338 e. The maximum Gasteiger partial charge on any atom is 0.338 e. The van der Waals surface area contributed by atoms with Crippen LogP contribution in [0.15, 0.2) is 54.6 Å². The minimum Gasteiger partial charge on any atom is -0.465 e. The van der Waals surface area contributed by atoms with Gasteiger partial charge in [-0.3, -0.25) is 9.59 Å². The van der Waals surface area contributed by atoms with E-state index in [4.69, 9.17) is 4.74 Å². The van der Waals surface area contributed by atoms with Gasteiger partial charge < -0.3 is 15.0 Å². The van der Waals surface area contributed by atoms with Crippen LogP contribution in [-0.4, -0.2) is 48.9 Å². The summed E-state index contributed by atoms with van der Waals surface area (Å²) in [4.78, 5) is 39.1. The number of amides is 2. The van der Waals surface area contributed by atoms with Gasteiger partial charge in [-0.25, -0.2) is 4.79 Å². The number of carbonyl (C=O) groups is 3. The topological polar surface area (TPSA) is 75.7 Å². The molecule has 0 radical (unpaired) electrons. The van der Waals surface area contributed by atoms with Gasteiger partial charge in [0.1, 0.15) is 6.04 Å². The molecule has 1 fully saturated rings. The van der Waals surface area contributed by atoms with Crippen molar-refractivity contribution in [1.82, 2.24) is 10.2 Å². The fraction of sp³-hybridized carbons (Fsp3) is 0.250. The summed E-state index contributed by atoms with van der Waals surface area (Å²) in [6.07, 6.45) is 0.415. The summed E-state index contributed by atoms with van der Waals surface area (Å²) in [6, 6.07) is 15.4. The lowest BCUT2D eigenvalue weighted by Gasteiger charge is -2.35. The largest absolute Gasteiger partial charge is 0.465 e. The molecule has 1 aliphatic heterocycles. The Hall–Kier alpha value is -3.15. The highest BCUT2D eigenvalue weighted by atomic mass is 16.5. The number of nitrogens with one attached hydrogen (secondary N) is 1. The van der Waals surface area contributed by atoms with E-state index in [0.29, 0.717) is 19.5 Å². The normalized spacial score (nSPS) is 16.7. The van der Waals surface area contributed by atoms with Gasteiger partial charge in [0.25, 0.3) is 5.91 Å². The number of hydrogen-bond acceptors (Lipinski definition) is 4. The SMILES string of the molecule is COC(=O)c1ccccc1C(=O)N1CCNC(=O)[C@H]1Cc1ccccc1. The number of benzene rings is 2. The Bertz CT molecular complexity index is 820. The number of nitrogens with zero attached hydrogens (tertiary/aromatic N) is 1. The molecule has 26 heavy (non-hydrogen) atoms. The average Bonchev–Trinajstić information content (AvgIpc) is 2.69. The van der Waals surface area contributed by atoms with Crippen molar-refractivity contribution in [2.45, 2.75) is 12.5 Å². The van der Waals surface area contributed by atoms with Crippen molar-refractivity contribution in [2.75, 3.05) is 20.2 Å². The van der Waals surface area contributed by atoms with Crippen LogP contribution in [0.1, 0.15) is 26.3 Å². The standard InChI is InChI=1S/C20H20N2O4/c1-26-20(25)16-10-6-5-9-15(16)19(24)22-12-11-21-18(23)17(22)13-14-7-3-2-4-8-14/h2-10,17H,11-13H2,1H3,(H,21,23)/t17-/m1/s1. The lowest BCUT2D eigenvalue weighted by atomic mass is 9.99. The molecule has 1 atom stereocenters. The fourth-order valence-corrected chi connectivity index (χ4v) is 3.11. The molecule has 2 aromatic carbocycles. The highest BCUT2D eigenvalue weighted by Gasteiger charge is 2.34. The summed E-state index contributed by atoms with van der Waals surface area (Å²) in [5.41, 5.74) is 1.41. The van der Waals surface area contributed by atoms with E-state index >= 15 is 0 Å². The van der Waals surface area contributed by atoms with E-state index in [2.05, 4.69) is 5.32 Å². The van der Waals surface area contributed by atoms with E-state index in [1.54, 1.807) is 24.3 Å². The van der Waals surface area contributed by atoms with Crippen LogP contribution in [0.25, 0.3) is 0 Å². The summed E-state index contributed by atoms with van der Waals surface area (Å²) in [7, 11) is 1.27. The van der Waals surface area contributed by atoms with Crippen LogP contribution in [0.3, 0.4) is 0 Å². The predicted molar refractivity (Wildman–Crippen MR) is 95.8 cm³/mol. The molecule has 0 spiro atoms. The molecule has 1 heterocycles. The van der Waals surface area contributed by atoms with Crippen molar-refractivity contribution in [3.05, 3.63) is 71.3 Å². The van der Waals surface area contributed by atoms with Gasteiger partial charge in [-0.05, 0) is 17.7 Å². The molecule has 1 aliphatic rings. The molecule has 0 aromatic heterocycles. The molecule has 3 rings (SSSR count). The lowest BCUT2D eigenvalue weighted by molar-refractivity contribution is -0.127. The molecule has 6 nitrogen and oxygen atoms in total. The molecule has 0 aliphatic carbocycles. The first kappa shape index (κ1) is 17.7. The van der Waals surface area contributed by atoms with Crippen LogP contribution < -0.4 is 5.32 Å². The van der Waals surface area contributed by atoms with Crippen LogP contribution in [-0.2, 0) is 16.0 Å². The number of rotatable bonds is 4. The average molecular weight is 352 g/mol. The highest BCUT2D eigenvalue weighted by Crippen LogP contribution is 2.19. The molecule has 1 N–H and O–H groups in total. The molecule has 0 saturated carbocycles. The van der Waals surface area contributed by atoms with Crippen LogP contribution in [0.5, 0.6) is 0 Å². The second-order valence-electron chi connectivity index (χ2n) is 6.03. The Morgan fingerprint density at radius 1 is 1.08 bits per heavy atom. The van der Waals surface area contributed by atoms with Crippen molar-refractivity contribution in [3.63, 3.8) is 0 Å². The minimum absolute atomic E-state index is 0.191. The Morgan fingerprint density at radius 3 is 2.42 bits per heavy atom. The molecule has 2 aromatic rings. The zero-order valence-corrected chi connectivity index (χ0v) is 14.5. The molecule has 6 heteroatoms. The number of hydrogen-bond donors (Lipinski definition) is 1. The van der Waals surface area contributed by atoms with Crippen molar-refractivity contribution < 1.29 is 19.1 Å². The maximum atomic E-state index is 13.1. The molecule has 0 unspecified atom stereocenters. The van der Waals surface area contributed by atoms with Crippen LogP contribution in [0, 0.1) is 0 Å². The van der Waals surface area contributed by atoms with Gasteiger partial charge >= 0.3 is 5.97 Å². The van der Waals surface area contributed by atoms with Gasteiger partial charge in [0, 0.05) is 19.5 Å². The molecule has 0 bridgehead atoms. The van der Waals surface area contributed by atoms with Crippen molar-refractivity contribution in [1.29, 1.82) is 0 Å². The van der Waals surface area contributed by atoms with Gasteiger partial charge in [0.15, 0.2) is 0 Å². The van der Waals surface area contributed by atoms with Crippen LogP contribution in [0.4, 0.5) is 0 Å². The van der Waals surface area contributed by atoms with Crippen LogP contribution in [0.2, 0.25) is 0 Å². The summed E-state index contributed by atoms with van der Waals surface area (Å²) < 4.78 is 4.77. The summed E-state index contributed by atoms with van der Waals surface area (Å²) >= 11 is 0. The van der Waals surface area contributed by atoms with Gasteiger partial charge in [0.2, 0.25) is 5.91 Å². The second kappa shape index (κ2) is 7.82. The first-order chi connectivity index (χ1) is 12.6. The first-order valence-corrected chi connectivity index (χ1v) is 8.41.